The summed E-state index contributed by atoms with van der Waals surface area (Å²) in [4.78, 5) is 17.4. The Morgan fingerprint density at radius 1 is 1.07 bits per heavy atom. The number of hydrogen-bond donors (Lipinski definition) is 1. The molecule has 0 unspecified atom stereocenters. The summed E-state index contributed by atoms with van der Waals surface area (Å²) in [7, 11) is 1.56. The fourth-order valence-corrected chi connectivity index (χ4v) is 4.12. The van der Waals surface area contributed by atoms with Crippen LogP contribution in [0.2, 0.25) is 0 Å². The molecule has 0 aliphatic carbocycles. The number of aromatic nitrogens is 1. The van der Waals surface area contributed by atoms with E-state index in [9.17, 15) is 4.79 Å². The summed E-state index contributed by atoms with van der Waals surface area (Å²) in [5, 5.41) is 5.38. The van der Waals surface area contributed by atoms with Gasteiger partial charge in [-0.15, -0.1) is 0 Å². The lowest BCUT2D eigenvalue weighted by Crippen LogP contribution is -2.15. The average molecular weight is 392 g/mol. The van der Waals surface area contributed by atoms with Crippen LogP contribution < -0.4 is 19.5 Å². The van der Waals surface area contributed by atoms with Gasteiger partial charge in [-0.25, -0.2) is 4.98 Å². The topological polar surface area (TPSA) is 69.7 Å². The molecule has 1 N–H and O–H groups in total. The molecule has 0 fully saturated rings. The standard InChI is InChI=1S/C21H16N2O4S/c1-25-16-9-13-5-3-2-4-12(13)8-14(16)20(24)23-21-22-15-10-17-18(11-19(15)28-21)27-7-6-26-17/h2-5,8-11H,6-7H2,1H3,(H,22,23,24). The van der Waals surface area contributed by atoms with E-state index in [1.165, 1.54) is 11.3 Å². The SMILES string of the molecule is COc1cc2ccccc2cc1C(=O)Nc1nc2cc3c(cc2s1)OCCO3. The lowest BCUT2D eigenvalue weighted by atomic mass is 10.1. The van der Waals surface area contributed by atoms with Crippen LogP contribution in [-0.2, 0) is 0 Å². The first kappa shape index (κ1) is 16.8. The Hall–Kier alpha value is -3.32. The van der Waals surface area contributed by atoms with Gasteiger partial charge in [-0.05, 0) is 22.9 Å². The molecule has 0 radical (unpaired) electrons. The molecule has 0 saturated carbocycles. The predicted molar refractivity (Wildman–Crippen MR) is 109 cm³/mol. The highest BCUT2D eigenvalue weighted by molar-refractivity contribution is 7.22. The Morgan fingerprint density at radius 3 is 2.54 bits per heavy atom. The van der Waals surface area contributed by atoms with Crippen LogP contribution in [0.1, 0.15) is 10.4 Å². The summed E-state index contributed by atoms with van der Waals surface area (Å²) in [6.45, 7) is 1.05. The van der Waals surface area contributed by atoms with Gasteiger partial charge < -0.3 is 14.2 Å². The maximum atomic E-state index is 12.9. The molecule has 5 rings (SSSR count). The fraction of sp³-hybridized carbons (Fsp3) is 0.143. The number of benzene rings is 3. The molecule has 0 atom stereocenters. The first-order chi connectivity index (χ1) is 13.7. The van der Waals surface area contributed by atoms with Crippen molar-refractivity contribution in [2.75, 3.05) is 25.6 Å². The maximum absolute atomic E-state index is 12.9. The van der Waals surface area contributed by atoms with Crippen LogP contribution in [-0.4, -0.2) is 31.2 Å². The Bertz CT molecular complexity index is 1170. The van der Waals surface area contributed by atoms with Crippen molar-refractivity contribution in [3.63, 3.8) is 0 Å². The summed E-state index contributed by atoms with van der Waals surface area (Å²) >= 11 is 1.39. The number of amides is 1. The predicted octanol–water partition coefficient (Wildman–Crippen LogP) is 4.48. The first-order valence-electron chi connectivity index (χ1n) is 8.79. The van der Waals surface area contributed by atoms with E-state index in [4.69, 9.17) is 14.2 Å². The molecule has 1 amide bonds. The van der Waals surface area contributed by atoms with E-state index >= 15 is 0 Å². The van der Waals surface area contributed by atoms with Crippen molar-refractivity contribution in [1.82, 2.24) is 4.98 Å². The summed E-state index contributed by atoms with van der Waals surface area (Å²) in [5.74, 6) is 1.64. The Labute approximate surface area is 164 Å². The molecule has 1 aliphatic heterocycles. The van der Waals surface area contributed by atoms with Crippen molar-refractivity contribution in [2.24, 2.45) is 0 Å². The Morgan fingerprint density at radius 2 is 1.79 bits per heavy atom. The van der Waals surface area contributed by atoms with E-state index < -0.39 is 0 Å². The van der Waals surface area contributed by atoms with Gasteiger partial charge in [-0.1, -0.05) is 35.6 Å². The normalized spacial score (nSPS) is 12.9. The number of rotatable bonds is 3. The molecule has 0 spiro atoms. The molecule has 28 heavy (non-hydrogen) atoms. The number of thiazole rings is 1. The van der Waals surface area contributed by atoms with Gasteiger partial charge >= 0.3 is 0 Å². The van der Waals surface area contributed by atoms with Crippen molar-refractivity contribution in [3.05, 3.63) is 54.1 Å². The zero-order valence-corrected chi connectivity index (χ0v) is 15.8. The van der Waals surface area contributed by atoms with Crippen LogP contribution >= 0.6 is 11.3 Å². The van der Waals surface area contributed by atoms with Gasteiger partial charge in [0.25, 0.3) is 5.91 Å². The van der Waals surface area contributed by atoms with Crippen molar-refractivity contribution in [2.45, 2.75) is 0 Å². The van der Waals surface area contributed by atoms with Crippen molar-refractivity contribution in [3.8, 4) is 17.2 Å². The lowest BCUT2D eigenvalue weighted by Gasteiger charge is -2.17. The highest BCUT2D eigenvalue weighted by atomic mass is 32.1. The summed E-state index contributed by atoms with van der Waals surface area (Å²) in [6, 6.07) is 15.3. The monoisotopic (exact) mass is 392 g/mol. The van der Waals surface area contributed by atoms with E-state index in [2.05, 4.69) is 10.3 Å². The van der Waals surface area contributed by atoms with Crippen LogP contribution in [0, 0.1) is 0 Å². The number of nitrogens with one attached hydrogen (secondary N) is 1. The van der Waals surface area contributed by atoms with Gasteiger partial charge in [0.1, 0.15) is 19.0 Å². The zero-order chi connectivity index (χ0) is 19.1. The van der Waals surface area contributed by atoms with E-state index in [1.807, 2.05) is 48.5 Å². The van der Waals surface area contributed by atoms with Crippen LogP contribution in [0.15, 0.2) is 48.5 Å². The van der Waals surface area contributed by atoms with Crippen LogP contribution in [0.3, 0.4) is 0 Å². The molecule has 1 aromatic heterocycles. The van der Waals surface area contributed by atoms with Gasteiger partial charge in [0.05, 0.1) is 22.9 Å². The van der Waals surface area contributed by atoms with Gasteiger partial charge in [0.15, 0.2) is 16.6 Å². The van der Waals surface area contributed by atoms with Crippen LogP contribution in [0.5, 0.6) is 17.2 Å². The number of nitrogens with zero attached hydrogens (tertiary/aromatic N) is 1. The van der Waals surface area contributed by atoms with Crippen molar-refractivity contribution < 1.29 is 19.0 Å². The molecular formula is C21H16N2O4S. The minimum absolute atomic E-state index is 0.265. The third kappa shape index (κ3) is 2.90. The van der Waals surface area contributed by atoms with Gasteiger partial charge in [-0.2, -0.15) is 0 Å². The van der Waals surface area contributed by atoms with Gasteiger partial charge in [0, 0.05) is 12.1 Å². The van der Waals surface area contributed by atoms with Crippen LogP contribution in [0.4, 0.5) is 5.13 Å². The van der Waals surface area contributed by atoms with E-state index in [1.54, 1.807) is 7.11 Å². The second kappa shape index (κ2) is 6.69. The molecule has 4 aromatic rings. The average Bonchev–Trinajstić information content (AvgIpc) is 3.11. The summed E-state index contributed by atoms with van der Waals surface area (Å²) in [5.41, 5.74) is 1.22. The number of ether oxygens (including phenoxy) is 3. The highest BCUT2D eigenvalue weighted by Gasteiger charge is 2.18. The third-order valence-electron chi connectivity index (χ3n) is 4.59. The highest BCUT2D eigenvalue weighted by Crippen LogP contribution is 2.38. The van der Waals surface area contributed by atoms with Gasteiger partial charge in [0.2, 0.25) is 0 Å². The third-order valence-corrected chi connectivity index (χ3v) is 5.52. The summed E-state index contributed by atoms with van der Waals surface area (Å²) in [6.07, 6.45) is 0. The number of carbonyl (C=O) groups is 1. The van der Waals surface area contributed by atoms with Crippen LogP contribution in [0.25, 0.3) is 21.0 Å². The number of hydrogen-bond acceptors (Lipinski definition) is 6. The summed E-state index contributed by atoms with van der Waals surface area (Å²) < 4.78 is 17.6. The molecule has 0 saturated heterocycles. The van der Waals surface area contributed by atoms with Gasteiger partial charge in [-0.3, -0.25) is 10.1 Å². The Kier molecular flexibility index (Phi) is 4.02. The molecule has 6 nitrogen and oxygen atoms in total. The number of fused-ring (bicyclic) bond motifs is 3. The second-order valence-electron chi connectivity index (χ2n) is 6.34. The largest absolute Gasteiger partial charge is 0.496 e. The van der Waals surface area contributed by atoms with Crippen molar-refractivity contribution in [1.29, 1.82) is 0 Å². The minimum Gasteiger partial charge on any atom is -0.496 e. The molecule has 140 valence electrons. The number of carbonyl (C=O) groups excluding carboxylic acids is 1. The van der Waals surface area contributed by atoms with E-state index in [0.29, 0.717) is 41.2 Å². The molecule has 2 heterocycles. The number of methoxy groups -OCH3 is 1. The van der Waals surface area contributed by atoms with E-state index in [-0.39, 0.29) is 5.91 Å². The molecule has 7 heteroatoms. The van der Waals surface area contributed by atoms with Crippen molar-refractivity contribution >= 4 is 43.4 Å². The second-order valence-corrected chi connectivity index (χ2v) is 7.37. The Balaban J connectivity index is 1.49. The molecule has 0 bridgehead atoms. The molecule has 3 aromatic carbocycles. The minimum atomic E-state index is -0.265. The zero-order valence-electron chi connectivity index (χ0n) is 15.0. The first-order valence-corrected chi connectivity index (χ1v) is 9.61. The lowest BCUT2D eigenvalue weighted by molar-refractivity contribution is 0.102. The number of anilines is 1. The smallest absolute Gasteiger partial charge is 0.261 e. The molecular weight excluding hydrogens is 376 g/mol. The fourth-order valence-electron chi connectivity index (χ4n) is 3.25. The molecule has 1 aliphatic rings. The maximum Gasteiger partial charge on any atom is 0.261 e. The van der Waals surface area contributed by atoms with E-state index in [0.717, 1.165) is 21.0 Å². The quantitative estimate of drug-likeness (QED) is 0.557.